The molecule has 1 saturated heterocycles. The summed E-state index contributed by atoms with van der Waals surface area (Å²) in [7, 11) is 0. The number of anilines is 1. The van der Waals surface area contributed by atoms with Crippen molar-refractivity contribution in [2.45, 2.75) is 19.3 Å². The normalized spacial score (nSPS) is 18.8. The van der Waals surface area contributed by atoms with E-state index in [4.69, 9.17) is 0 Å². The fourth-order valence-electron chi connectivity index (χ4n) is 3.13. The summed E-state index contributed by atoms with van der Waals surface area (Å²) in [6.07, 6.45) is 3.49. The molecule has 0 radical (unpaired) electrons. The van der Waals surface area contributed by atoms with Crippen molar-refractivity contribution >= 4 is 17.2 Å². The van der Waals surface area contributed by atoms with Gasteiger partial charge in [-0.2, -0.15) is 5.10 Å². The molecule has 0 bridgehead atoms. The zero-order valence-corrected chi connectivity index (χ0v) is 11.7. The van der Waals surface area contributed by atoms with Crippen LogP contribution in [0.4, 0.5) is 5.82 Å². The molecule has 0 saturated carbocycles. The number of fused-ring (bicyclic) bond motifs is 3. The second-order valence-corrected chi connectivity index (χ2v) is 6.25. The van der Waals surface area contributed by atoms with E-state index in [9.17, 15) is 0 Å². The van der Waals surface area contributed by atoms with E-state index in [1.165, 1.54) is 40.4 Å². The van der Waals surface area contributed by atoms with Gasteiger partial charge in [-0.15, -0.1) is 11.3 Å². The number of hydrogen-bond acceptors (Lipinski definition) is 4. The van der Waals surface area contributed by atoms with Gasteiger partial charge in [0.1, 0.15) is 0 Å². The van der Waals surface area contributed by atoms with Crippen LogP contribution in [0.3, 0.4) is 0 Å². The van der Waals surface area contributed by atoms with E-state index >= 15 is 0 Å². The minimum Gasteiger partial charge on any atom is -0.354 e. The molecular formula is C14H18N4S. The van der Waals surface area contributed by atoms with Gasteiger partial charge in [-0.25, -0.2) is 0 Å². The summed E-state index contributed by atoms with van der Waals surface area (Å²) in [6, 6.07) is 2.23. The number of H-pyrrole nitrogens is 1. The molecule has 2 aromatic heterocycles. The van der Waals surface area contributed by atoms with Gasteiger partial charge in [0.15, 0.2) is 5.82 Å². The second kappa shape index (κ2) is 4.65. The largest absolute Gasteiger partial charge is 0.354 e. The van der Waals surface area contributed by atoms with Gasteiger partial charge in [0.05, 0.1) is 5.69 Å². The first-order valence-electron chi connectivity index (χ1n) is 7.03. The Hall–Kier alpha value is -1.33. The number of nitrogens with zero attached hydrogens (tertiary/aromatic N) is 2. The smallest absolute Gasteiger partial charge is 0.154 e. The fraction of sp³-hybridized carbons (Fsp3) is 0.500. The molecule has 0 unspecified atom stereocenters. The lowest BCUT2D eigenvalue weighted by Crippen LogP contribution is -2.29. The van der Waals surface area contributed by atoms with Gasteiger partial charge < -0.3 is 10.2 Å². The van der Waals surface area contributed by atoms with Crippen LogP contribution < -0.4 is 10.2 Å². The standard InChI is InChI=1S/C14H18N4S/c1-5-15-6-8-18(7-1)14-11-2-3-12-10(4-9-19-12)13(11)16-17-14/h4,9,15H,1-3,5-8H2,(H,16,17). The van der Waals surface area contributed by atoms with E-state index in [-0.39, 0.29) is 0 Å². The van der Waals surface area contributed by atoms with Crippen molar-refractivity contribution in [3.8, 4) is 11.3 Å². The molecule has 0 spiro atoms. The van der Waals surface area contributed by atoms with Crippen molar-refractivity contribution in [1.29, 1.82) is 0 Å². The maximum atomic E-state index is 4.62. The number of hydrogen-bond donors (Lipinski definition) is 2. The van der Waals surface area contributed by atoms with E-state index < -0.39 is 0 Å². The van der Waals surface area contributed by atoms with E-state index in [0.717, 1.165) is 32.6 Å². The minimum atomic E-state index is 1.06. The van der Waals surface area contributed by atoms with Gasteiger partial charge in [-0.3, -0.25) is 5.10 Å². The molecule has 4 rings (SSSR count). The van der Waals surface area contributed by atoms with Gasteiger partial charge in [-0.05, 0) is 37.3 Å². The van der Waals surface area contributed by atoms with Gasteiger partial charge >= 0.3 is 0 Å². The van der Waals surface area contributed by atoms with E-state index in [1.54, 1.807) is 0 Å². The topological polar surface area (TPSA) is 44.0 Å². The molecule has 2 N–H and O–H groups in total. The zero-order chi connectivity index (χ0) is 12.7. The second-order valence-electron chi connectivity index (χ2n) is 5.25. The average Bonchev–Trinajstić information content (AvgIpc) is 2.98. The van der Waals surface area contributed by atoms with Crippen molar-refractivity contribution < 1.29 is 0 Å². The molecule has 100 valence electrons. The lowest BCUT2D eigenvalue weighted by molar-refractivity contribution is 0.724. The third kappa shape index (κ3) is 1.88. The van der Waals surface area contributed by atoms with E-state index in [0.29, 0.717) is 0 Å². The highest BCUT2D eigenvalue weighted by molar-refractivity contribution is 7.10. The molecular weight excluding hydrogens is 256 g/mol. The summed E-state index contributed by atoms with van der Waals surface area (Å²) in [6.45, 7) is 4.36. The first-order chi connectivity index (χ1) is 9.43. The number of aromatic amines is 1. The Morgan fingerprint density at radius 3 is 3.21 bits per heavy atom. The summed E-state index contributed by atoms with van der Waals surface area (Å²) in [5.74, 6) is 1.19. The third-order valence-electron chi connectivity index (χ3n) is 4.10. The molecule has 19 heavy (non-hydrogen) atoms. The van der Waals surface area contributed by atoms with Crippen LogP contribution in [0.15, 0.2) is 11.4 Å². The number of rotatable bonds is 1. The monoisotopic (exact) mass is 274 g/mol. The van der Waals surface area contributed by atoms with Crippen molar-refractivity contribution in [3.63, 3.8) is 0 Å². The third-order valence-corrected chi connectivity index (χ3v) is 5.08. The Balaban J connectivity index is 1.72. The molecule has 1 aliphatic carbocycles. The fourth-order valence-corrected chi connectivity index (χ4v) is 4.02. The Morgan fingerprint density at radius 1 is 1.21 bits per heavy atom. The lowest BCUT2D eigenvalue weighted by Gasteiger charge is -2.22. The molecule has 0 atom stereocenters. The van der Waals surface area contributed by atoms with E-state index in [1.807, 2.05) is 11.3 Å². The summed E-state index contributed by atoms with van der Waals surface area (Å²) in [5, 5.41) is 13.5. The molecule has 1 fully saturated rings. The van der Waals surface area contributed by atoms with Crippen molar-refractivity contribution in [2.75, 3.05) is 31.1 Å². The number of nitrogens with one attached hydrogen (secondary N) is 2. The molecule has 0 amide bonds. The van der Waals surface area contributed by atoms with Crippen molar-refractivity contribution in [3.05, 3.63) is 21.9 Å². The number of aryl methyl sites for hydroxylation is 1. The van der Waals surface area contributed by atoms with Gasteiger partial charge in [0.2, 0.25) is 0 Å². The highest BCUT2D eigenvalue weighted by Gasteiger charge is 2.25. The van der Waals surface area contributed by atoms with Crippen molar-refractivity contribution in [2.24, 2.45) is 0 Å². The lowest BCUT2D eigenvalue weighted by atomic mass is 9.96. The molecule has 3 heterocycles. The first-order valence-corrected chi connectivity index (χ1v) is 7.91. The Bertz CT molecular complexity index is 578. The highest BCUT2D eigenvalue weighted by Crippen LogP contribution is 2.39. The number of aromatic nitrogens is 2. The SMILES string of the molecule is c1cc2c(s1)CCc1c(N3CCCNCC3)n[nH]c1-2. The molecule has 2 aliphatic rings. The van der Waals surface area contributed by atoms with Crippen LogP contribution in [-0.2, 0) is 12.8 Å². The highest BCUT2D eigenvalue weighted by atomic mass is 32.1. The number of thiophene rings is 1. The Labute approximate surface area is 116 Å². The summed E-state index contributed by atoms with van der Waals surface area (Å²) < 4.78 is 0. The van der Waals surface area contributed by atoms with Gasteiger partial charge in [0.25, 0.3) is 0 Å². The van der Waals surface area contributed by atoms with Gasteiger partial charge in [-0.1, -0.05) is 0 Å². The Kier molecular flexibility index (Phi) is 2.81. The average molecular weight is 274 g/mol. The summed E-state index contributed by atoms with van der Waals surface area (Å²) in [5.41, 5.74) is 4.06. The van der Waals surface area contributed by atoms with Crippen LogP contribution >= 0.6 is 11.3 Å². The predicted molar refractivity (Wildman–Crippen MR) is 79.0 cm³/mol. The molecule has 2 aromatic rings. The summed E-state index contributed by atoms with van der Waals surface area (Å²) >= 11 is 1.87. The minimum absolute atomic E-state index is 1.06. The zero-order valence-electron chi connectivity index (χ0n) is 10.9. The van der Waals surface area contributed by atoms with Crippen LogP contribution in [0.5, 0.6) is 0 Å². The molecule has 0 aromatic carbocycles. The maximum absolute atomic E-state index is 4.62. The first kappa shape index (κ1) is 11.5. The van der Waals surface area contributed by atoms with Gasteiger partial charge in [0, 0.05) is 35.6 Å². The maximum Gasteiger partial charge on any atom is 0.154 e. The molecule has 4 nitrogen and oxygen atoms in total. The summed E-state index contributed by atoms with van der Waals surface area (Å²) in [4.78, 5) is 3.94. The van der Waals surface area contributed by atoms with E-state index in [2.05, 4.69) is 31.9 Å². The predicted octanol–water partition coefficient (Wildman–Crippen LogP) is 2.04. The molecule has 1 aliphatic heterocycles. The van der Waals surface area contributed by atoms with Crippen LogP contribution in [0.25, 0.3) is 11.3 Å². The molecule has 5 heteroatoms. The van der Waals surface area contributed by atoms with Crippen LogP contribution in [0, 0.1) is 0 Å². The van der Waals surface area contributed by atoms with Crippen molar-refractivity contribution in [1.82, 2.24) is 15.5 Å². The Morgan fingerprint density at radius 2 is 2.21 bits per heavy atom. The van der Waals surface area contributed by atoms with Crippen LogP contribution in [0.1, 0.15) is 16.9 Å². The quantitative estimate of drug-likeness (QED) is 0.836. The van der Waals surface area contributed by atoms with Crippen LogP contribution in [0.2, 0.25) is 0 Å². The van der Waals surface area contributed by atoms with Crippen LogP contribution in [-0.4, -0.2) is 36.4 Å².